The Labute approximate surface area is 101 Å². The second-order valence-corrected chi connectivity index (χ2v) is 5.87. The molecule has 0 radical (unpaired) electrons. The summed E-state index contributed by atoms with van der Waals surface area (Å²) in [6.07, 6.45) is 3.68. The van der Waals surface area contributed by atoms with E-state index < -0.39 is 0 Å². The Kier molecular flexibility index (Phi) is 3.62. The van der Waals surface area contributed by atoms with Crippen molar-refractivity contribution in [2.75, 3.05) is 13.7 Å². The molecule has 0 aliphatic heterocycles. The second-order valence-electron chi connectivity index (χ2n) is 4.59. The van der Waals surface area contributed by atoms with E-state index in [0.29, 0.717) is 0 Å². The molecule has 1 fully saturated rings. The lowest BCUT2D eigenvalue weighted by molar-refractivity contribution is -0.0695. The molecule has 1 aromatic rings. The van der Waals surface area contributed by atoms with Gasteiger partial charge in [-0.3, -0.25) is 0 Å². The van der Waals surface area contributed by atoms with Gasteiger partial charge in [-0.1, -0.05) is 0 Å². The molecule has 0 atom stereocenters. The summed E-state index contributed by atoms with van der Waals surface area (Å²) in [5.74, 6) is 0. The van der Waals surface area contributed by atoms with E-state index in [9.17, 15) is 0 Å². The molecule has 4 heteroatoms. The van der Waals surface area contributed by atoms with Crippen LogP contribution in [0, 0.1) is 13.8 Å². The number of methoxy groups -OCH3 is 1. The van der Waals surface area contributed by atoms with Gasteiger partial charge in [-0.05, 0) is 33.1 Å². The van der Waals surface area contributed by atoms with Crippen LogP contribution in [0.3, 0.4) is 0 Å². The highest BCUT2D eigenvalue weighted by molar-refractivity contribution is 7.11. The third-order valence-corrected chi connectivity index (χ3v) is 4.50. The average Bonchev–Trinajstić information content (AvgIpc) is 2.50. The predicted molar refractivity (Wildman–Crippen MR) is 66.9 cm³/mol. The molecule has 1 aromatic heterocycles. The standard InChI is InChI=1S/C12H20N2OS/c1-9-11(16-10(2)14-9)7-13-8-12(15-3)5-4-6-12/h13H,4-8H2,1-3H3. The van der Waals surface area contributed by atoms with Crippen LogP contribution in [0.1, 0.15) is 34.8 Å². The molecule has 16 heavy (non-hydrogen) atoms. The Hall–Kier alpha value is -0.450. The summed E-state index contributed by atoms with van der Waals surface area (Å²) in [6.45, 7) is 6.02. The summed E-state index contributed by atoms with van der Waals surface area (Å²) >= 11 is 1.78. The van der Waals surface area contributed by atoms with Crippen LogP contribution >= 0.6 is 11.3 Å². The molecule has 1 saturated carbocycles. The quantitative estimate of drug-likeness (QED) is 0.858. The number of aryl methyl sites for hydroxylation is 2. The first-order valence-electron chi connectivity index (χ1n) is 5.84. The van der Waals surface area contributed by atoms with Crippen molar-refractivity contribution in [3.8, 4) is 0 Å². The minimum absolute atomic E-state index is 0.119. The summed E-state index contributed by atoms with van der Waals surface area (Å²) < 4.78 is 5.57. The van der Waals surface area contributed by atoms with Gasteiger partial charge >= 0.3 is 0 Å². The maximum absolute atomic E-state index is 5.57. The first-order chi connectivity index (χ1) is 7.65. The Morgan fingerprint density at radius 1 is 1.44 bits per heavy atom. The third-order valence-electron chi connectivity index (χ3n) is 3.43. The van der Waals surface area contributed by atoms with Crippen LogP contribution in [0.25, 0.3) is 0 Å². The first-order valence-corrected chi connectivity index (χ1v) is 6.66. The number of ether oxygens (including phenoxy) is 1. The largest absolute Gasteiger partial charge is 0.377 e. The van der Waals surface area contributed by atoms with Gasteiger partial charge in [0.25, 0.3) is 0 Å². The molecule has 1 heterocycles. The minimum atomic E-state index is 0.119. The van der Waals surface area contributed by atoms with Gasteiger partial charge in [0, 0.05) is 25.1 Å². The highest BCUT2D eigenvalue weighted by Gasteiger charge is 2.36. The van der Waals surface area contributed by atoms with Gasteiger partial charge in [-0.25, -0.2) is 4.98 Å². The molecule has 0 unspecified atom stereocenters. The van der Waals surface area contributed by atoms with E-state index in [0.717, 1.165) is 23.8 Å². The maximum atomic E-state index is 5.57. The summed E-state index contributed by atoms with van der Waals surface area (Å²) in [6, 6.07) is 0. The number of aromatic nitrogens is 1. The zero-order chi connectivity index (χ0) is 11.6. The van der Waals surface area contributed by atoms with Crippen molar-refractivity contribution in [2.24, 2.45) is 0 Å². The van der Waals surface area contributed by atoms with Gasteiger partial charge in [-0.15, -0.1) is 11.3 Å². The second kappa shape index (κ2) is 4.82. The van der Waals surface area contributed by atoms with Crippen molar-refractivity contribution in [1.82, 2.24) is 10.3 Å². The fourth-order valence-corrected chi connectivity index (χ4v) is 3.07. The summed E-state index contributed by atoms with van der Waals surface area (Å²) in [7, 11) is 1.82. The van der Waals surface area contributed by atoms with Gasteiger partial charge in [0.15, 0.2) is 0 Å². The third kappa shape index (κ3) is 2.44. The van der Waals surface area contributed by atoms with Gasteiger partial charge in [0.05, 0.1) is 16.3 Å². The minimum Gasteiger partial charge on any atom is -0.377 e. The molecule has 0 amide bonds. The first kappa shape index (κ1) is 12.0. The molecule has 1 N–H and O–H groups in total. The van der Waals surface area contributed by atoms with Gasteiger partial charge in [0.1, 0.15) is 0 Å². The molecule has 0 saturated heterocycles. The van der Waals surface area contributed by atoms with Crippen LogP contribution in [-0.2, 0) is 11.3 Å². The number of hydrogen-bond acceptors (Lipinski definition) is 4. The normalized spacial score (nSPS) is 18.4. The number of hydrogen-bond donors (Lipinski definition) is 1. The van der Waals surface area contributed by atoms with Crippen molar-refractivity contribution in [3.63, 3.8) is 0 Å². The predicted octanol–water partition coefficient (Wildman–Crippen LogP) is 2.42. The smallest absolute Gasteiger partial charge is 0.0900 e. The fraction of sp³-hybridized carbons (Fsp3) is 0.750. The Morgan fingerprint density at radius 3 is 2.62 bits per heavy atom. The van der Waals surface area contributed by atoms with Crippen LogP contribution in [0.15, 0.2) is 0 Å². The molecule has 1 aliphatic carbocycles. The molecular formula is C12H20N2OS. The molecule has 1 aliphatic rings. The van der Waals surface area contributed by atoms with E-state index in [4.69, 9.17) is 4.74 Å². The highest BCUT2D eigenvalue weighted by Crippen LogP contribution is 2.34. The van der Waals surface area contributed by atoms with Gasteiger partial charge in [-0.2, -0.15) is 0 Å². The Bertz CT molecular complexity index is 352. The van der Waals surface area contributed by atoms with Crippen molar-refractivity contribution in [2.45, 2.75) is 45.3 Å². The molecule has 90 valence electrons. The fourth-order valence-electron chi connectivity index (χ4n) is 2.17. The van der Waals surface area contributed by atoms with Crippen LogP contribution in [0.2, 0.25) is 0 Å². The number of thiazole rings is 1. The monoisotopic (exact) mass is 240 g/mol. The van der Waals surface area contributed by atoms with Crippen LogP contribution in [0.5, 0.6) is 0 Å². The molecule has 0 bridgehead atoms. The molecular weight excluding hydrogens is 220 g/mol. The summed E-state index contributed by atoms with van der Waals surface area (Å²) in [4.78, 5) is 5.78. The van der Waals surface area contributed by atoms with Crippen LogP contribution < -0.4 is 5.32 Å². The topological polar surface area (TPSA) is 34.1 Å². The van der Waals surface area contributed by atoms with E-state index in [-0.39, 0.29) is 5.60 Å². The zero-order valence-electron chi connectivity index (χ0n) is 10.3. The van der Waals surface area contributed by atoms with Crippen LogP contribution in [-0.4, -0.2) is 24.2 Å². The van der Waals surface area contributed by atoms with Crippen LogP contribution in [0.4, 0.5) is 0 Å². The zero-order valence-corrected chi connectivity index (χ0v) is 11.1. The van der Waals surface area contributed by atoms with Gasteiger partial charge in [0.2, 0.25) is 0 Å². The Morgan fingerprint density at radius 2 is 2.19 bits per heavy atom. The maximum Gasteiger partial charge on any atom is 0.0900 e. The van der Waals surface area contributed by atoms with Crippen molar-refractivity contribution >= 4 is 11.3 Å². The Balaban J connectivity index is 1.81. The molecule has 2 rings (SSSR count). The lowest BCUT2D eigenvalue weighted by Crippen LogP contribution is -2.47. The van der Waals surface area contributed by atoms with E-state index in [1.807, 2.05) is 7.11 Å². The van der Waals surface area contributed by atoms with E-state index >= 15 is 0 Å². The van der Waals surface area contributed by atoms with E-state index in [2.05, 4.69) is 24.1 Å². The van der Waals surface area contributed by atoms with Crippen molar-refractivity contribution in [3.05, 3.63) is 15.6 Å². The highest BCUT2D eigenvalue weighted by atomic mass is 32.1. The van der Waals surface area contributed by atoms with E-state index in [1.165, 1.54) is 24.1 Å². The lowest BCUT2D eigenvalue weighted by atomic mass is 9.80. The molecule has 3 nitrogen and oxygen atoms in total. The molecule has 0 spiro atoms. The van der Waals surface area contributed by atoms with Gasteiger partial charge < -0.3 is 10.1 Å². The number of nitrogens with zero attached hydrogens (tertiary/aromatic N) is 1. The van der Waals surface area contributed by atoms with Crippen molar-refractivity contribution < 1.29 is 4.74 Å². The van der Waals surface area contributed by atoms with E-state index in [1.54, 1.807) is 11.3 Å². The number of rotatable bonds is 5. The summed E-state index contributed by atoms with van der Waals surface area (Å²) in [5.41, 5.74) is 1.28. The molecule has 0 aromatic carbocycles. The lowest BCUT2D eigenvalue weighted by Gasteiger charge is -2.40. The SMILES string of the molecule is COC1(CNCc2sc(C)nc2C)CCC1. The average molecular weight is 240 g/mol. The summed E-state index contributed by atoms with van der Waals surface area (Å²) in [5, 5.41) is 4.65. The van der Waals surface area contributed by atoms with Crippen molar-refractivity contribution in [1.29, 1.82) is 0 Å². The number of nitrogens with one attached hydrogen (secondary N) is 1.